The Morgan fingerprint density at radius 2 is 1.83 bits per heavy atom. The molecule has 7 nitrogen and oxygen atoms in total. The number of urea groups is 1. The van der Waals surface area contributed by atoms with Crippen LogP contribution in [0.15, 0.2) is 18.2 Å². The van der Waals surface area contributed by atoms with Crippen LogP contribution < -0.4 is 15.4 Å². The van der Waals surface area contributed by atoms with E-state index in [-0.39, 0.29) is 12.5 Å². The summed E-state index contributed by atoms with van der Waals surface area (Å²) in [4.78, 5) is 35.3. The molecule has 0 radical (unpaired) electrons. The van der Waals surface area contributed by atoms with Crippen molar-refractivity contribution in [1.29, 1.82) is 0 Å². The molecule has 0 heterocycles. The molecule has 0 spiro atoms. The quantitative estimate of drug-likeness (QED) is 0.771. The van der Waals surface area contributed by atoms with Crippen molar-refractivity contribution in [1.82, 2.24) is 10.6 Å². The number of methoxy groups -OCH3 is 1. The first-order valence-corrected chi connectivity index (χ1v) is 7.67. The molecule has 0 fully saturated rings. The number of esters is 1. The van der Waals surface area contributed by atoms with E-state index in [1.54, 1.807) is 19.9 Å². The van der Waals surface area contributed by atoms with Gasteiger partial charge in [-0.3, -0.25) is 14.9 Å². The number of rotatable bonds is 6. The second-order valence-electron chi connectivity index (χ2n) is 5.74. The van der Waals surface area contributed by atoms with Gasteiger partial charge in [0.15, 0.2) is 6.10 Å². The molecular weight excluding hydrogens is 312 g/mol. The molecule has 0 aliphatic carbocycles. The summed E-state index contributed by atoms with van der Waals surface area (Å²) in [7, 11) is 1.52. The SMILES string of the molecule is COc1ccc(C)cc1CC(=O)O[C@@H](C)C(=O)NC(=O)NC(C)C. The van der Waals surface area contributed by atoms with E-state index in [9.17, 15) is 14.4 Å². The lowest BCUT2D eigenvalue weighted by atomic mass is 10.1. The molecule has 0 aliphatic rings. The maximum absolute atomic E-state index is 12.0. The number of carbonyl (C=O) groups excluding carboxylic acids is 3. The van der Waals surface area contributed by atoms with Gasteiger partial charge < -0.3 is 14.8 Å². The molecule has 2 N–H and O–H groups in total. The highest BCUT2D eigenvalue weighted by molar-refractivity contribution is 5.97. The van der Waals surface area contributed by atoms with E-state index in [2.05, 4.69) is 10.6 Å². The van der Waals surface area contributed by atoms with Gasteiger partial charge >= 0.3 is 12.0 Å². The molecule has 0 aromatic heterocycles. The van der Waals surface area contributed by atoms with Crippen molar-refractivity contribution in [3.8, 4) is 5.75 Å². The summed E-state index contributed by atoms with van der Waals surface area (Å²) in [6, 6.07) is 4.73. The molecule has 0 unspecified atom stereocenters. The fourth-order valence-electron chi connectivity index (χ4n) is 2.01. The van der Waals surface area contributed by atoms with Gasteiger partial charge in [0.05, 0.1) is 13.5 Å². The van der Waals surface area contributed by atoms with Crippen LogP contribution in [0.1, 0.15) is 31.9 Å². The third-order valence-corrected chi connectivity index (χ3v) is 3.10. The number of nitrogens with one attached hydrogen (secondary N) is 2. The Morgan fingerprint density at radius 1 is 1.17 bits per heavy atom. The van der Waals surface area contributed by atoms with Gasteiger partial charge in [0.2, 0.25) is 0 Å². The minimum absolute atomic E-state index is 0.0271. The molecule has 1 rings (SSSR count). The van der Waals surface area contributed by atoms with Crippen LogP contribution in [-0.4, -0.2) is 37.2 Å². The summed E-state index contributed by atoms with van der Waals surface area (Å²) in [6.07, 6.45) is -1.10. The second-order valence-corrected chi connectivity index (χ2v) is 5.74. The van der Waals surface area contributed by atoms with Crippen LogP contribution >= 0.6 is 0 Å². The number of hydrogen-bond donors (Lipinski definition) is 2. The smallest absolute Gasteiger partial charge is 0.321 e. The highest BCUT2D eigenvalue weighted by atomic mass is 16.5. The van der Waals surface area contributed by atoms with Crippen LogP contribution in [0.3, 0.4) is 0 Å². The van der Waals surface area contributed by atoms with E-state index in [1.807, 2.05) is 19.1 Å². The Hall–Kier alpha value is -2.57. The predicted octanol–water partition coefficient (Wildman–Crippen LogP) is 1.71. The fraction of sp³-hybridized carbons (Fsp3) is 0.471. The van der Waals surface area contributed by atoms with Gasteiger partial charge in [0, 0.05) is 11.6 Å². The normalized spacial score (nSPS) is 11.6. The second kappa shape index (κ2) is 8.90. The first-order chi connectivity index (χ1) is 11.2. The number of imide groups is 1. The first-order valence-electron chi connectivity index (χ1n) is 7.67. The summed E-state index contributed by atoms with van der Waals surface area (Å²) in [6.45, 7) is 6.84. The predicted molar refractivity (Wildman–Crippen MR) is 88.8 cm³/mol. The fourth-order valence-corrected chi connectivity index (χ4v) is 2.01. The summed E-state index contributed by atoms with van der Waals surface area (Å²) < 4.78 is 10.3. The number of carbonyl (C=O) groups is 3. The third-order valence-electron chi connectivity index (χ3n) is 3.10. The van der Waals surface area contributed by atoms with E-state index in [0.29, 0.717) is 11.3 Å². The summed E-state index contributed by atoms with van der Waals surface area (Å²) in [5.41, 5.74) is 1.66. The third kappa shape index (κ3) is 6.28. The molecule has 0 saturated heterocycles. The Labute approximate surface area is 141 Å². The van der Waals surface area contributed by atoms with Crippen LogP contribution in [0.25, 0.3) is 0 Å². The minimum Gasteiger partial charge on any atom is -0.496 e. The maximum atomic E-state index is 12.0. The van der Waals surface area contributed by atoms with Crippen molar-refractivity contribution < 1.29 is 23.9 Å². The summed E-state index contributed by atoms with van der Waals surface area (Å²) in [5, 5.41) is 4.64. The lowest BCUT2D eigenvalue weighted by molar-refractivity contribution is -0.153. The highest BCUT2D eigenvalue weighted by Crippen LogP contribution is 2.20. The van der Waals surface area contributed by atoms with Crippen molar-refractivity contribution >= 4 is 17.9 Å². The van der Waals surface area contributed by atoms with Crippen LogP contribution in [-0.2, 0) is 20.7 Å². The molecule has 132 valence electrons. The van der Waals surface area contributed by atoms with Crippen LogP contribution in [0, 0.1) is 6.92 Å². The molecule has 1 atom stereocenters. The van der Waals surface area contributed by atoms with E-state index < -0.39 is 24.0 Å². The maximum Gasteiger partial charge on any atom is 0.321 e. The van der Waals surface area contributed by atoms with E-state index >= 15 is 0 Å². The lowest BCUT2D eigenvalue weighted by Crippen LogP contribution is -2.46. The van der Waals surface area contributed by atoms with Crippen molar-refractivity contribution in [3.63, 3.8) is 0 Å². The first kappa shape index (κ1) is 19.5. The molecule has 0 saturated carbocycles. The highest BCUT2D eigenvalue weighted by Gasteiger charge is 2.21. The van der Waals surface area contributed by atoms with Gasteiger partial charge in [-0.15, -0.1) is 0 Å². The van der Waals surface area contributed by atoms with E-state index in [0.717, 1.165) is 5.56 Å². The van der Waals surface area contributed by atoms with E-state index in [4.69, 9.17) is 9.47 Å². The van der Waals surface area contributed by atoms with Gasteiger partial charge in [-0.1, -0.05) is 17.7 Å². The number of benzene rings is 1. The number of amides is 3. The Balaban J connectivity index is 2.59. The summed E-state index contributed by atoms with van der Waals surface area (Å²) >= 11 is 0. The van der Waals surface area contributed by atoms with Crippen molar-refractivity contribution in [2.24, 2.45) is 0 Å². The zero-order valence-electron chi connectivity index (χ0n) is 14.6. The molecule has 1 aromatic rings. The molecule has 1 aromatic carbocycles. The zero-order chi connectivity index (χ0) is 18.3. The van der Waals surface area contributed by atoms with Crippen LogP contribution in [0.4, 0.5) is 4.79 Å². The average molecular weight is 336 g/mol. The largest absolute Gasteiger partial charge is 0.496 e. The van der Waals surface area contributed by atoms with Crippen LogP contribution in [0.5, 0.6) is 5.75 Å². The van der Waals surface area contributed by atoms with Gasteiger partial charge in [-0.25, -0.2) is 4.79 Å². The number of ether oxygens (including phenoxy) is 2. The van der Waals surface area contributed by atoms with Crippen molar-refractivity contribution in [3.05, 3.63) is 29.3 Å². The zero-order valence-corrected chi connectivity index (χ0v) is 14.6. The molecule has 0 bridgehead atoms. The Bertz CT molecular complexity index is 613. The van der Waals surface area contributed by atoms with Crippen LogP contribution in [0.2, 0.25) is 0 Å². The van der Waals surface area contributed by atoms with Crippen molar-refractivity contribution in [2.45, 2.75) is 46.3 Å². The van der Waals surface area contributed by atoms with Gasteiger partial charge in [0.25, 0.3) is 5.91 Å². The number of aryl methyl sites for hydroxylation is 1. The van der Waals surface area contributed by atoms with Gasteiger partial charge in [-0.05, 0) is 33.8 Å². The average Bonchev–Trinajstić information content (AvgIpc) is 2.46. The molecule has 3 amide bonds. The molecular formula is C17H24N2O5. The Morgan fingerprint density at radius 3 is 2.42 bits per heavy atom. The Kier molecular flexibility index (Phi) is 7.23. The molecule has 0 aliphatic heterocycles. The molecule has 7 heteroatoms. The lowest BCUT2D eigenvalue weighted by Gasteiger charge is -2.15. The number of hydrogen-bond acceptors (Lipinski definition) is 5. The van der Waals surface area contributed by atoms with Crippen molar-refractivity contribution in [2.75, 3.05) is 7.11 Å². The topological polar surface area (TPSA) is 93.7 Å². The molecule has 24 heavy (non-hydrogen) atoms. The van der Waals surface area contributed by atoms with E-state index in [1.165, 1.54) is 14.0 Å². The van der Waals surface area contributed by atoms with Gasteiger partial charge in [0.1, 0.15) is 5.75 Å². The minimum atomic E-state index is -1.08. The monoisotopic (exact) mass is 336 g/mol. The van der Waals surface area contributed by atoms with Gasteiger partial charge in [-0.2, -0.15) is 0 Å². The standard InChI is InChI=1S/C17H24N2O5/c1-10(2)18-17(22)19-16(21)12(4)24-15(20)9-13-8-11(3)6-7-14(13)23-5/h6-8,10,12H,9H2,1-5H3,(H2,18,19,21,22)/t12-/m0/s1. The summed E-state index contributed by atoms with van der Waals surface area (Å²) in [5.74, 6) is -0.686.